The Morgan fingerprint density at radius 3 is 2.47 bits per heavy atom. The number of sulfonamides is 1. The number of hydrogen-bond acceptors (Lipinski definition) is 3. The molecule has 3 unspecified atom stereocenters. The topological polar surface area (TPSA) is 61.2 Å². The fraction of sp³-hybridized carbons (Fsp3) is 0.900. The molecule has 0 aromatic rings. The van der Waals surface area contributed by atoms with Gasteiger partial charge in [0.1, 0.15) is 0 Å². The third-order valence-corrected chi connectivity index (χ3v) is 5.25. The predicted octanol–water partition coefficient (Wildman–Crippen LogP) is 1.21. The van der Waals surface area contributed by atoms with E-state index in [4.69, 9.17) is 5.26 Å². The number of hydrogen-bond donors (Lipinski definition) is 0. The van der Waals surface area contributed by atoms with Gasteiger partial charge < -0.3 is 0 Å². The largest absolute Gasteiger partial charge is 0.230 e. The molecule has 0 N–H and O–H groups in total. The molecule has 0 radical (unpaired) electrons. The predicted molar refractivity (Wildman–Crippen MR) is 58.5 cm³/mol. The van der Waals surface area contributed by atoms with Gasteiger partial charge in [0, 0.05) is 13.6 Å². The molecule has 3 atom stereocenters. The summed E-state index contributed by atoms with van der Waals surface area (Å²) in [7, 11) is -1.84. The molecule has 86 valence electrons. The summed E-state index contributed by atoms with van der Waals surface area (Å²) in [5, 5.41) is 7.86. The summed E-state index contributed by atoms with van der Waals surface area (Å²) in [5.41, 5.74) is 0. The molecule has 1 fully saturated rings. The molecule has 0 amide bonds. The first-order chi connectivity index (χ1) is 6.93. The van der Waals surface area contributed by atoms with Gasteiger partial charge in [-0.3, -0.25) is 0 Å². The van der Waals surface area contributed by atoms with E-state index in [-0.39, 0.29) is 0 Å². The molecule has 5 heteroatoms. The summed E-state index contributed by atoms with van der Waals surface area (Å²) in [6, 6.07) is 1.85. The Balaban J connectivity index is 2.64. The van der Waals surface area contributed by atoms with Gasteiger partial charge in [-0.15, -0.1) is 0 Å². The molecule has 1 aliphatic carbocycles. The van der Waals surface area contributed by atoms with Crippen molar-refractivity contribution in [3.63, 3.8) is 0 Å². The van der Waals surface area contributed by atoms with Gasteiger partial charge in [-0.1, -0.05) is 13.8 Å². The third-order valence-electron chi connectivity index (χ3n) is 3.08. The summed E-state index contributed by atoms with van der Waals surface area (Å²) < 4.78 is 25.1. The highest BCUT2D eigenvalue weighted by molar-refractivity contribution is 7.89. The van der Waals surface area contributed by atoms with Crippen LogP contribution in [0.25, 0.3) is 0 Å². The second-order valence-corrected chi connectivity index (χ2v) is 6.55. The van der Waals surface area contributed by atoms with Crippen LogP contribution in [0.1, 0.15) is 26.7 Å². The van der Waals surface area contributed by atoms with E-state index in [9.17, 15) is 8.42 Å². The molecule has 0 saturated heterocycles. The lowest BCUT2D eigenvalue weighted by atomic mass is 10.3. The van der Waals surface area contributed by atoms with Crippen LogP contribution in [0.2, 0.25) is 0 Å². The standard InChI is InChI=1S/C10H18N2O2S/c1-4-10(6-11)15(13,14)12(3)7-9-5-8(9)2/h8-10H,4-5,7H2,1-3H3. The van der Waals surface area contributed by atoms with Gasteiger partial charge in [0.2, 0.25) is 10.0 Å². The second kappa shape index (κ2) is 4.50. The van der Waals surface area contributed by atoms with Crippen molar-refractivity contribution in [3.05, 3.63) is 0 Å². The minimum atomic E-state index is -3.41. The Morgan fingerprint density at radius 2 is 2.13 bits per heavy atom. The van der Waals surface area contributed by atoms with Gasteiger partial charge in [-0.25, -0.2) is 12.7 Å². The average Bonchev–Trinajstić information content (AvgIpc) is 2.83. The molecule has 1 rings (SSSR count). The Labute approximate surface area is 91.9 Å². The second-order valence-electron chi connectivity index (χ2n) is 4.32. The zero-order valence-corrected chi connectivity index (χ0v) is 10.3. The van der Waals surface area contributed by atoms with E-state index in [1.165, 1.54) is 4.31 Å². The highest BCUT2D eigenvalue weighted by Crippen LogP contribution is 2.38. The van der Waals surface area contributed by atoms with Crippen molar-refractivity contribution >= 4 is 10.0 Å². The van der Waals surface area contributed by atoms with E-state index in [1.54, 1.807) is 14.0 Å². The lowest BCUT2D eigenvalue weighted by Gasteiger charge is -2.19. The average molecular weight is 230 g/mol. The number of rotatable bonds is 5. The van der Waals surface area contributed by atoms with E-state index in [0.29, 0.717) is 24.8 Å². The molecule has 15 heavy (non-hydrogen) atoms. The third kappa shape index (κ3) is 2.70. The molecule has 0 bridgehead atoms. The van der Waals surface area contributed by atoms with Crippen molar-refractivity contribution in [3.8, 4) is 6.07 Å². The van der Waals surface area contributed by atoms with Gasteiger partial charge in [-0.2, -0.15) is 5.26 Å². The monoisotopic (exact) mass is 230 g/mol. The molecular formula is C10H18N2O2S. The van der Waals surface area contributed by atoms with Gasteiger partial charge in [0.05, 0.1) is 6.07 Å². The van der Waals surface area contributed by atoms with Crippen LogP contribution in [0.4, 0.5) is 0 Å². The van der Waals surface area contributed by atoms with Crippen LogP contribution in [0, 0.1) is 23.2 Å². The molecule has 1 saturated carbocycles. The zero-order valence-electron chi connectivity index (χ0n) is 9.47. The maximum absolute atomic E-state index is 11.9. The van der Waals surface area contributed by atoms with Crippen LogP contribution in [-0.2, 0) is 10.0 Å². The summed E-state index contributed by atoms with van der Waals surface area (Å²) in [6.45, 7) is 4.40. The number of nitriles is 1. The lowest BCUT2D eigenvalue weighted by molar-refractivity contribution is 0.439. The summed E-state index contributed by atoms with van der Waals surface area (Å²) in [5.74, 6) is 1.12. The van der Waals surface area contributed by atoms with Crippen LogP contribution in [-0.4, -0.2) is 31.6 Å². The molecule has 0 aromatic carbocycles. The number of nitrogens with zero attached hydrogens (tertiary/aromatic N) is 2. The first-order valence-corrected chi connectivity index (χ1v) is 6.78. The van der Waals surface area contributed by atoms with Crippen molar-refractivity contribution in [2.24, 2.45) is 11.8 Å². The first-order valence-electron chi connectivity index (χ1n) is 5.28. The Morgan fingerprint density at radius 1 is 1.60 bits per heavy atom. The first kappa shape index (κ1) is 12.5. The van der Waals surface area contributed by atoms with E-state index < -0.39 is 15.3 Å². The van der Waals surface area contributed by atoms with Crippen molar-refractivity contribution in [2.75, 3.05) is 13.6 Å². The summed E-state index contributed by atoms with van der Waals surface area (Å²) in [6.07, 6.45) is 1.45. The van der Waals surface area contributed by atoms with Crippen molar-refractivity contribution in [2.45, 2.75) is 31.9 Å². The van der Waals surface area contributed by atoms with Crippen molar-refractivity contribution in [1.29, 1.82) is 5.26 Å². The van der Waals surface area contributed by atoms with Crippen LogP contribution >= 0.6 is 0 Å². The molecule has 0 spiro atoms. The zero-order chi connectivity index (χ0) is 11.6. The summed E-state index contributed by atoms with van der Waals surface area (Å²) >= 11 is 0. The van der Waals surface area contributed by atoms with Gasteiger partial charge in [-0.05, 0) is 24.7 Å². The van der Waals surface area contributed by atoms with Gasteiger partial charge >= 0.3 is 0 Å². The minimum absolute atomic E-state index is 0.351. The van der Waals surface area contributed by atoms with Crippen molar-refractivity contribution in [1.82, 2.24) is 4.31 Å². The van der Waals surface area contributed by atoms with Crippen LogP contribution in [0.15, 0.2) is 0 Å². The van der Waals surface area contributed by atoms with Crippen LogP contribution in [0.3, 0.4) is 0 Å². The Kier molecular flexibility index (Phi) is 3.74. The highest BCUT2D eigenvalue weighted by Gasteiger charge is 2.37. The SMILES string of the molecule is CCC(C#N)S(=O)(=O)N(C)CC1CC1C. The molecular weight excluding hydrogens is 212 g/mol. The van der Waals surface area contributed by atoms with E-state index in [1.807, 2.05) is 6.07 Å². The molecule has 4 nitrogen and oxygen atoms in total. The highest BCUT2D eigenvalue weighted by atomic mass is 32.2. The fourth-order valence-corrected chi connectivity index (χ4v) is 3.06. The molecule has 1 aliphatic rings. The maximum atomic E-state index is 11.9. The quantitative estimate of drug-likeness (QED) is 0.713. The van der Waals surface area contributed by atoms with Crippen LogP contribution < -0.4 is 0 Å². The lowest BCUT2D eigenvalue weighted by Crippen LogP contribution is -2.36. The maximum Gasteiger partial charge on any atom is 0.230 e. The van der Waals surface area contributed by atoms with Gasteiger partial charge in [0.15, 0.2) is 5.25 Å². The van der Waals surface area contributed by atoms with Crippen LogP contribution in [0.5, 0.6) is 0 Å². The van der Waals surface area contributed by atoms with E-state index in [2.05, 4.69) is 6.92 Å². The van der Waals surface area contributed by atoms with Gasteiger partial charge in [0.25, 0.3) is 0 Å². The molecule has 0 heterocycles. The normalized spacial score (nSPS) is 27.4. The fourth-order valence-electron chi connectivity index (χ4n) is 1.67. The summed E-state index contributed by atoms with van der Waals surface area (Å²) in [4.78, 5) is 0. The van der Waals surface area contributed by atoms with E-state index >= 15 is 0 Å². The van der Waals surface area contributed by atoms with Crippen molar-refractivity contribution < 1.29 is 8.42 Å². The molecule has 0 aliphatic heterocycles. The van der Waals surface area contributed by atoms with E-state index in [0.717, 1.165) is 6.42 Å². The smallest absolute Gasteiger partial charge is 0.211 e. The Bertz CT molecular complexity index is 358. The Hall–Kier alpha value is -0.600. The molecule has 0 aromatic heterocycles. The minimum Gasteiger partial charge on any atom is -0.211 e.